The second-order valence-corrected chi connectivity index (χ2v) is 3.90. The van der Waals surface area contributed by atoms with Gasteiger partial charge in [-0.15, -0.1) is 0 Å². The summed E-state index contributed by atoms with van der Waals surface area (Å²) in [6, 6.07) is 0.561. The van der Waals surface area contributed by atoms with Crippen LogP contribution in [0.5, 0.6) is 0 Å². The zero-order valence-corrected chi connectivity index (χ0v) is 7.83. The Morgan fingerprint density at radius 2 is 2.25 bits per heavy atom. The number of aliphatic hydroxyl groups is 1. The van der Waals surface area contributed by atoms with Crippen molar-refractivity contribution in [1.82, 2.24) is 4.90 Å². The van der Waals surface area contributed by atoms with Crippen molar-refractivity contribution < 1.29 is 9.50 Å². The number of alkyl halides is 1. The van der Waals surface area contributed by atoms with Gasteiger partial charge in [0, 0.05) is 19.1 Å². The third-order valence-electron chi connectivity index (χ3n) is 2.57. The highest BCUT2D eigenvalue weighted by molar-refractivity contribution is 4.86. The summed E-state index contributed by atoms with van der Waals surface area (Å²) < 4.78 is 12.0. The molecule has 1 aliphatic rings. The summed E-state index contributed by atoms with van der Waals surface area (Å²) in [6.07, 6.45) is 0.406. The fraction of sp³-hybridized carbons (Fsp3) is 1.00. The monoisotopic (exact) mass is 175 g/mol. The predicted octanol–water partition coefficient (Wildman–Crippen LogP) is 1.05. The average molecular weight is 175 g/mol. The molecule has 1 rings (SSSR count). The Bertz CT molecular complexity index is 140. The maximum atomic E-state index is 12.0. The van der Waals surface area contributed by atoms with Crippen LogP contribution in [-0.2, 0) is 0 Å². The van der Waals surface area contributed by atoms with E-state index >= 15 is 0 Å². The summed E-state index contributed by atoms with van der Waals surface area (Å²) >= 11 is 0. The van der Waals surface area contributed by atoms with Gasteiger partial charge in [-0.05, 0) is 12.3 Å². The Labute approximate surface area is 73.4 Å². The van der Waals surface area contributed by atoms with E-state index in [1.807, 2.05) is 0 Å². The first-order valence-corrected chi connectivity index (χ1v) is 4.63. The summed E-state index contributed by atoms with van der Waals surface area (Å²) in [5, 5.41) is 9.08. The Hall–Kier alpha value is -0.150. The van der Waals surface area contributed by atoms with Crippen molar-refractivity contribution >= 4 is 0 Å². The number of β-amino-alcohol motifs (C(OH)–C–C–N with tert-alkyl or cyclic N) is 1. The number of hydrogen-bond donors (Lipinski definition) is 1. The van der Waals surface area contributed by atoms with E-state index in [-0.39, 0.29) is 0 Å². The van der Waals surface area contributed by atoms with E-state index in [0.717, 1.165) is 6.54 Å². The van der Waals surface area contributed by atoms with Crippen LogP contribution in [0.25, 0.3) is 0 Å². The zero-order chi connectivity index (χ0) is 9.14. The van der Waals surface area contributed by atoms with Crippen LogP contribution in [0.4, 0.5) is 4.39 Å². The molecule has 1 fully saturated rings. The molecule has 72 valence electrons. The third kappa shape index (κ3) is 2.17. The summed E-state index contributed by atoms with van der Waals surface area (Å²) in [6.45, 7) is 5.22. The lowest BCUT2D eigenvalue weighted by Gasteiger charge is -2.44. The number of halogens is 1. The molecule has 0 aromatic rings. The third-order valence-corrected chi connectivity index (χ3v) is 2.57. The minimum Gasteiger partial charge on any atom is -0.389 e. The maximum absolute atomic E-state index is 12.0. The quantitative estimate of drug-likeness (QED) is 0.690. The fourth-order valence-corrected chi connectivity index (χ4v) is 1.76. The smallest absolute Gasteiger partial charge is 0.117 e. The predicted molar refractivity (Wildman–Crippen MR) is 46.8 cm³/mol. The molecule has 0 radical (unpaired) electrons. The Morgan fingerprint density at radius 1 is 1.58 bits per heavy atom. The topological polar surface area (TPSA) is 23.5 Å². The lowest BCUT2D eigenvalue weighted by molar-refractivity contribution is 0.00317. The van der Waals surface area contributed by atoms with Gasteiger partial charge in [0.1, 0.15) is 6.67 Å². The van der Waals surface area contributed by atoms with Crippen LogP contribution in [0, 0.1) is 5.92 Å². The minimum absolute atomic E-state index is 0.499. The molecule has 1 heterocycles. The van der Waals surface area contributed by atoms with Crippen molar-refractivity contribution in [2.45, 2.75) is 32.4 Å². The van der Waals surface area contributed by atoms with Crippen molar-refractivity contribution in [3.8, 4) is 0 Å². The zero-order valence-electron chi connectivity index (χ0n) is 7.83. The molecule has 0 spiro atoms. The first-order valence-electron chi connectivity index (χ1n) is 4.63. The molecule has 3 heteroatoms. The lowest BCUT2D eigenvalue weighted by atomic mass is 9.91. The molecule has 0 aliphatic carbocycles. The van der Waals surface area contributed by atoms with Crippen LogP contribution in [0.15, 0.2) is 0 Å². The second kappa shape index (κ2) is 4.19. The molecule has 0 amide bonds. The van der Waals surface area contributed by atoms with E-state index in [1.54, 1.807) is 0 Å². The number of aliphatic hydroxyl groups excluding tert-OH is 1. The van der Waals surface area contributed by atoms with Crippen molar-refractivity contribution in [1.29, 1.82) is 0 Å². The van der Waals surface area contributed by atoms with Crippen LogP contribution in [0.3, 0.4) is 0 Å². The van der Waals surface area contributed by atoms with E-state index in [9.17, 15) is 4.39 Å². The van der Waals surface area contributed by atoms with Gasteiger partial charge in [0.2, 0.25) is 0 Å². The van der Waals surface area contributed by atoms with E-state index in [0.29, 0.717) is 18.5 Å². The molecule has 0 bridgehead atoms. The van der Waals surface area contributed by atoms with Crippen molar-refractivity contribution in [2.75, 3.05) is 19.8 Å². The SMILES string of the molecule is CC(C)C1CCN1CC(O)CF. The van der Waals surface area contributed by atoms with Crippen LogP contribution in [0.2, 0.25) is 0 Å². The van der Waals surface area contributed by atoms with E-state index < -0.39 is 12.8 Å². The highest BCUT2D eigenvalue weighted by Gasteiger charge is 2.31. The summed E-state index contributed by atoms with van der Waals surface area (Å²) in [5.74, 6) is 0.616. The molecule has 2 unspecified atom stereocenters. The van der Waals surface area contributed by atoms with Crippen LogP contribution < -0.4 is 0 Å². The number of hydrogen-bond acceptors (Lipinski definition) is 2. The molecule has 2 nitrogen and oxygen atoms in total. The van der Waals surface area contributed by atoms with Gasteiger partial charge in [-0.2, -0.15) is 0 Å². The molecule has 0 aromatic carbocycles. The Balaban J connectivity index is 2.25. The molecule has 2 atom stereocenters. The van der Waals surface area contributed by atoms with Gasteiger partial charge in [-0.1, -0.05) is 13.8 Å². The molecule has 1 aliphatic heterocycles. The highest BCUT2D eigenvalue weighted by atomic mass is 19.1. The Kier molecular flexibility index (Phi) is 3.47. The number of likely N-dealkylation sites (tertiary alicyclic amines) is 1. The van der Waals surface area contributed by atoms with Crippen LogP contribution in [-0.4, -0.2) is 41.9 Å². The molecular formula is C9H18FNO. The minimum atomic E-state index is -0.786. The molecule has 12 heavy (non-hydrogen) atoms. The van der Waals surface area contributed by atoms with Gasteiger partial charge in [0.15, 0.2) is 0 Å². The van der Waals surface area contributed by atoms with Gasteiger partial charge < -0.3 is 5.11 Å². The van der Waals surface area contributed by atoms with Crippen LogP contribution >= 0.6 is 0 Å². The lowest BCUT2D eigenvalue weighted by Crippen LogP contribution is -2.53. The van der Waals surface area contributed by atoms with E-state index in [2.05, 4.69) is 18.7 Å². The van der Waals surface area contributed by atoms with Crippen molar-refractivity contribution in [3.05, 3.63) is 0 Å². The van der Waals surface area contributed by atoms with Gasteiger partial charge >= 0.3 is 0 Å². The number of rotatable bonds is 4. The van der Waals surface area contributed by atoms with E-state index in [1.165, 1.54) is 6.42 Å². The van der Waals surface area contributed by atoms with Gasteiger partial charge in [-0.3, -0.25) is 4.90 Å². The maximum Gasteiger partial charge on any atom is 0.117 e. The molecular weight excluding hydrogens is 157 g/mol. The van der Waals surface area contributed by atoms with Gasteiger partial charge in [-0.25, -0.2) is 4.39 Å². The molecule has 0 saturated carbocycles. The standard InChI is InChI=1S/C9H18FNO/c1-7(2)9-3-4-11(9)6-8(12)5-10/h7-9,12H,3-6H2,1-2H3. The first-order chi connectivity index (χ1) is 5.65. The summed E-state index contributed by atoms with van der Waals surface area (Å²) in [5.41, 5.74) is 0. The fourth-order valence-electron chi connectivity index (χ4n) is 1.76. The number of nitrogens with zero attached hydrogens (tertiary/aromatic N) is 1. The van der Waals surface area contributed by atoms with Crippen molar-refractivity contribution in [2.24, 2.45) is 5.92 Å². The van der Waals surface area contributed by atoms with Crippen molar-refractivity contribution in [3.63, 3.8) is 0 Å². The molecule has 1 N–H and O–H groups in total. The van der Waals surface area contributed by atoms with Gasteiger partial charge in [0.05, 0.1) is 6.10 Å². The van der Waals surface area contributed by atoms with Gasteiger partial charge in [0.25, 0.3) is 0 Å². The normalized spacial score (nSPS) is 27.2. The molecule has 1 saturated heterocycles. The largest absolute Gasteiger partial charge is 0.389 e. The summed E-state index contributed by atoms with van der Waals surface area (Å²) in [7, 11) is 0. The average Bonchev–Trinajstić information content (AvgIpc) is 1.96. The first kappa shape index (κ1) is 9.93. The highest BCUT2D eigenvalue weighted by Crippen LogP contribution is 2.24. The van der Waals surface area contributed by atoms with Crippen LogP contribution in [0.1, 0.15) is 20.3 Å². The second-order valence-electron chi connectivity index (χ2n) is 3.90. The Morgan fingerprint density at radius 3 is 2.58 bits per heavy atom. The summed E-state index contributed by atoms with van der Waals surface area (Å²) in [4.78, 5) is 2.16. The van der Waals surface area contributed by atoms with E-state index in [4.69, 9.17) is 5.11 Å². The molecule has 0 aromatic heterocycles.